The van der Waals surface area contributed by atoms with E-state index in [1.165, 1.54) is 11.3 Å². The monoisotopic (exact) mass is 254 g/mol. The summed E-state index contributed by atoms with van der Waals surface area (Å²) in [5.74, 6) is -0.863. The molecule has 1 aromatic heterocycles. The standard InChI is InChI=1S/C15H10O2S/c16-15(17)14-9-12-7-6-11(8-13(12)18-14)10-4-2-1-3-5-10/h1-9H,(H,16,17). The van der Waals surface area contributed by atoms with Crippen molar-refractivity contribution in [2.75, 3.05) is 0 Å². The highest BCUT2D eigenvalue weighted by Gasteiger charge is 2.08. The van der Waals surface area contributed by atoms with Crippen molar-refractivity contribution in [1.82, 2.24) is 0 Å². The van der Waals surface area contributed by atoms with Crippen LogP contribution in [-0.2, 0) is 0 Å². The maximum atomic E-state index is 10.9. The Hall–Kier alpha value is -2.13. The third kappa shape index (κ3) is 1.89. The highest BCUT2D eigenvalue weighted by atomic mass is 32.1. The van der Waals surface area contributed by atoms with Crippen LogP contribution in [0.25, 0.3) is 21.2 Å². The zero-order chi connectivity index (χ0) is 12.5. The van der Waals surface area contributed by atoms with E-state index in [4.69, 9.17) is 5.11 Å². The lowest BCUT2D eigenvalue weighted by Gasteiger charge is -2.00. The Bertz CT molecular complexity index is 714. The van der Waals surface area contributed by atoms with E-state index in [0.29, 0.717) is 4.88 Å². The number of aromatic carboxylic acids is 1. The first-order chi connectivity index (χ1) is 8.74. The second-order valence-corrected chi connectivity index (χ2v) is 5.12. The fourth-order valence-corrected chi connectivity index (χ4v) is 2.89. The van der Waals surface area contributed by atoms with Gasteiger partial charge in [-0.3, -0.25) is 0 Å². The van der Waals surface area contributed by atoms with Gasteiger partial charge in [0.2, 0.25) is 0 Å². The van der Waals surface area contributed by atoms with Crippen LogP contribution in [-0.4, -0.2) is 11.1 Å². The highest BCUT2D eigenvalue weighted by Crippen LogP contribution is 2.30. The first-order valence-electron chi connectivity index (χ1n) is 5.56. The minimum absolute atomic E-state index is 0.384. The third-order valence-electron chi connectivity index (χ3n) is 2.84. The van der Waals surface area contributed by atoms with Crippen molar-refractivity contribution in [3.63, 3.8) is 0 Å². The lowest BCUT2D eigenvalue weighted by atomic mass is 10.1. The maximum absolute atomic E-state index is 10.9. The molecule has 0 saturated carbocycles. The molecule has 1 N–H and O–H groups in total. The van der Waals surface area contributed by atoms with Gasteiger partial charge in [0.15, 0.2) is 0 Å². The molecule has 0 bridgehead atoms. The molecule has 0 radical (unpaired) electrons. The number of thiophene rings is 1. The Kier molecular flexibility index (Phi) is 2.61. The second-order valence-electron chi connectivity index (χ2n) is 4.03. The summed E-state index contributed by atoms with van der Waals surface area (Å²) < 4.78 is 1.01. The summed E-state index contributed by atoms with van der Waals surface area (Å²) in [6.45, 7) is 0. The molecule has 0 spiro atoms. The number of carbonyl (C=O) groups is 1. The topological polar surface area (TPSA) is 37.3 Å². The van der Waals surface area contributed by atoms with Crippen LogP contribution >= 0.6 is 11.3 Å². The van der Waals surface area contributed by atoms with Gasteiger partial charge < -0.3 is 5.11 Å². The lowest BCUT2D eigenvalue weighted by Crippen LogP contribution is -1.89. The Labute approximate surface area is 108 Å². The first kappa shape index (κ1) is 11.0. The first-order valence-corrected chi connectivity index (χ1v) is 6.38. The average molecular weight is 254 g/mol. The zero-order valence-electron chi connectivity index (χ0n) is 9.46. The molecule has 0 atom stereocenters. The normalized spacial score (nSPS) is 10.7. The molecule has 3 rings (SSSR count). The quantitative estimate of drug-likeness (QED) is 0.741. The number of hydrogen-bond acceptors (Lipinski definition) is 2. The molecular formula is C15H10O2S. The van der Waals surface area contributed by atoms with Crippen molar-refractivity contribution < 1.29 is 9.90 Å². The molecule has 0 unspecified atom stereocenters. The van der Waals surface area contributed by atoms with E-state index >= 15 is 0 Å². The second kappa shape index (κ2) is 4.27. The molecule has 3 aromatic rings. The Balaban J connectivity index is 2.14. The third-order valence-corrected chi connectivity index (χ3v) is 3.92. The number of carboxylic acids is 1. The van der Waals surface area contributed by atoms with Gasteiger partial charge in [-0.1, -0.05) is 42.5 Å². The molecule has 0 aliphatic rings. The highest BCUT2D eigenvalue weighted by molar-refractivity contribution is 7.20. The van der Waals surface area contributed by atoms with E-state index in [1.54, 1.807) is 6.07 Å². The molecule has 0 aliphatic carbocycles. The Morgan fingerprint density at radius 2 is 1.72 bits per heavy atom. The summed E-state index contributed by atoms with van der Waals surface area (Å²) in [6.07, 6.45) is 0. The molecule has 18 heavy (non-hydrogen) atoms. The molecule has 1 heterocycles. The van der Waals surface area contributed by atoms with Gasteiger partial charge in [0, 0.05) is 4.70 Å². The smallest absolute Gasteiger partial charge is 0.345 e. The van der Waals surface area contributed by atoms with Crippen LogP contribution in [0.5, 0.6) is 0 Å². The Morgan fingerprint density at radius 3 is 2.44 bits per heavy atom. The van der Waals surface area contributed by atoms with Gasteiger partial charge in [-0.05, 0) is 28.6 Å². The van der Waals surface area contributed by atoms with Crippen molar-refractivity contribution in [1.29, 1.82) is 0 Å². The van der Waals surface area contributed by atoms with Crippen molar-refractivity contribution >= 4 is 27.4 Å². The van der Waals surface area contributed by atoms with Gasteiger partial charge in [0.1, 0.15) is 4.88 Å². The van der Waals surface area contributed by atoms with Gasteiger partial charge in [0.25, 0.3) is 0 Å². The lowest BCUT2D eigenvalue weighted by molar-refractivity contribution is 0.0702. The summed E-state index contributed by atoms with van der Waals surface area (Å²) in [4.78, 5) is 11.3. The minimum atomic E-state index is -0.863. The number of hydrogen-bond donors (Lipinski definition) is 1. The maximum Gasteiger partial charge on any atom is 0.345 e. The van der Waals surface area contributed by atoms with Crippen LogP contribution in [0.1, 0.15) is 9.67 Å². The van der Waals surface area contributed by atoms with Gasteiger partial charge in [-0.25, -0.2) is 4.79 Å². The Morgan fingerprint density at radius 1 is 0.944 bits per heavy atom. The number of benzene rings is 2. The van der Waals surface area contributed by atoms with Crippen LogP contribution < -0.4 is 0 Å². The fraction of sp³-hybridized carbons (Fsp3) is 0. The van der Waals surface area contributed by atoms with Crippen molar-refractivity contribution in [2.45, 2.75) is 0 Å². The van der Waals surface area contributed by atoms with E-state index in [1.807, 2.05) is 48.5 Å². The van der Waals surface area contributed by atoms with E-state index in [-0.39, 0.29) is 0 Å². The van der Waals surface area contributed by atoms with Crippen molar-refractivity contribution in [3.8, 4) is 11.1 Å². The van der Waals surface area contributed by atoms with E-state index in [9.17, 15) is 4.79 Å². The number of rotatable bonds is 2. The summed E-state index contributed by atoms with van der Waals surface area (Å²) in [5.41, 5.74) is 2.26. The van der Waals surface area contributed by atoms with Gasteiger partial charge in [0.05, 0.1) is 0 Å². The largest absolute Gasteiger partial charge is 0.477 e. The van der Waals surface area contributed by atoms with Crippen LogP contribution in [0.4, 0.5) is 0 Å². The fourth-order valence-electron chi connectivity index (χ4n) is 1.95. The molecule has 3 heteroatoms. The van der Waals surface area contributed by atoms with Crippen LogP contribution in [0.3, 0.4) is 0 Å². The van der Waals surface area contributed by atoms with E-state index in [2.05, 4.69) is 0 Å². The van der Waals surface area contributed by atoms with Crippen molar-refractivity contribution in [2.24, 2.45) is 0 Å². The SMILES string of the molecule is O=C(O)c1cc2ccc(-c3ccccc3)cc2s1. The summed E-state index contributed by atoms with van der Waals surface area (Å²) >= 11 is 1.31. The molecule has 0 amide bonds. The van der Waals surface area contributed by atoms with Gasteiger partial charge in [-0.15, -0.1) is 11.3 Å². The van der Waals surface area contributed by atoms with Crippen LogP contribution in [0.2, 0.25) is 0 Å². The summed E-state index contributed by atoms with van der Waals surface area (Å²) in [6, 6.07) is 17.8. The minimum Gasteiger partial charge on any atom is -0.477 e. The summed E-state index contributed by atoms with van der Waals surface area (Å²) in [5, 5.41) is 9.97. The van der Waals surface area contributed by atoms with Crippen LogP contribution in [0, 0.1) is 0 Å². The molecule has 2 nitrogen and oxygen atoms in total. The summed E-state index contributed by atoms with van der Waals surface area (Å²) in [7, 11) is 0. The molecule has 88 valence electrons. The average Bonchev–Trinajstić information content (AvgIpc) is 2.82. The van der Waals surface area contributed by atoms with Crippen molar-refractivity contribution in [3.05, 3.63) is 59.5 Å². The predicted octanol–water partition coefficient (Wildman–Crippen LogP) is 4.27. The molecule has 0 saturated heterocycles. The van der Waals surface area contributed by atoms with E-state index in [0.717, 1.165) is 21.2 Å². The molecule has 2 aromatic carbocycles. The van der Waals surface area contributed by atoms with Gasteiger partial charge >= 0.3 is 5.97 Å². The zero-order valence-corrected chi connectivity index (χ0v) is 10.3. The predicted molar refractivity (Wildman–Crippen MR) is 74.2 cm³/mol. The molecule has 0 aliphatic heterocycles. The number of fused-ring (bicyclic) bond motifs is 1. The molecular weight excluding hydrogens is 244 g/mol. The van der Waals surface area contributed by atoms with Crippen LogP contribution in [0.15, 0.2) is 54.6 Å². The molecule has 0 fully saturated rings. The number of carboxylic acid groups (broad SMARTS) is 1. The van der Waals surface area contributed by atoms with E-state index < -0.39 is 5.97 Å². The van der Waals surface area contributed by atoms with Gasteiger partial charge in [-0.2, -0.15) is 0 Å².